The number of rotatable bonds is 2. The standard InChI is InChI=1S/C19H15N3O/c1-13(23)20-16-9-6-14(7-10-16)17-12-22-18-5-3-2-4-15(18)8-11-19(22)21-17/h2-12H,1H3,(H,20,23). The molecule has 4 nitrogen and oxygen atoms in total. The lowest BCUT2D eigenvalue weighted by atomic mass is 10.1. The molecule has 4 heteroatoms. The van der Waals surface area contributed by atoms with E-state index >= 15 is 0 Å². The molecule has 0 fully saturated rings. The Morgan fingerprint density at radius 1 is 1.00 bits per heavy atom. The molecule has 2 aromatic carbocycles. The van der Waals surface area contributed by atoms with Crippen molar-refractivity contribution < 1.29 is 4.79 Å². The third-order valence-electron chi connectivity index (χ3n) is 3.84. The number of nitrogens with zero attached hydrogens (tertiary/aromatic N) is 2. The molecule has 2 aromatic heterocycles. The molecule has 0 atom stereocenters. The highest BCUT2D eigenvalue weighted by atomic mass is 16.1. The third-order valence-corrected chi connectivity index (χ3v) is 3.84. The van der Waals surface area contributed by atoms with Crippen molar-refractivity contribution in [2.24, 2.45) is 0 Å². The molecule has 112 valence electrons. The van der Waals surface area contributed by atoms with E-state index in [-0.39, 0.29) is 5.91 Å². The van der Waals surface area contributed by atoms with Gasteiger partial charge < -0.3 is 5.32 Å². The highest BCUT2D eigenvalue weighted by Gasteiger charge is 2.07. The van der Waals surface area contributed by atoms with E-state index < -0.39 is 0 Å². The van der Waals surface area contributed by atoms with E-state index in [0.717, 1.165) is 28.1 Å². The lowest BCUT2D eigenvalue weighted by Gasteiger charge is -2.02. The summed E-state index contributed by atoms with van der Waals surface area (Å²) >= 11 is 0. The molecular weight excluding hydrogens is 286 g/mol. The first-order valence-electron chi connectivity index (χ1n) is 7.45. The first kappa shape index (κ1) is 13.5. The van der Waals surface area contributed by atoms with Crippen LogP contribution in [0.15, 0.2) is 66.9 Å². The van der Waals surface area contributed by atoms with Crippen LogP contribution in [0.2, 0.25) is 0 Å². The topological polar surface area (TPSA) is 46.4 Å². The summed E-state index contributed by atoms with van der Waals surface area (Å²) in [6.07, 6.45) is 2.05. The molecule has 0 aliphatic carbocycles. The number of hydrogen-bond donors (Lipinski definition) is 1. The summed E-state index contributed by atoms with van der Waals surface area (Å²) in [5, 5.41) is 3.95. The third kappa shape index (κ3) is 2.44. The smallest absolute Gasteiger partial charge is 0.221 e. The molecule has 1 amide bonds. The maximum Gasteiger partial charge on any atom is 0.221 e. The summed E-state index contributed by atoms with van der Waals surface area (Å²) in [5.74, 6) is -0.0723. The van der Waals surface area contributed by atoms with Crippen molar-refractivity contribution in [2.75, 3.05) is 5.32 Å². The first-order valence-corrected chi connectivity index (χ1v) is 7.45. The van der Waals surface area contributed by atoms with E-state index in [1.807, 2.05) is 48.7 Å². The van der Waals surface area contributed by atoms with Crippen molar-refractivity contribution in [1.29, 1.82) is 0 Å². The number of para-hydroxylation sites is 1. The number of hydrogen-bond acceptors (Lipinski definition) is 2. The average Bonchev–Trinajstić information content (AvgIpc) is 2.99. The molecule has 0 saturated heterocycles. The Hall–Kier alpha value is -3.14. The zero-order valence-electron chi connectivity index (χ0n) is 12.7. The summed E-state index contributed by atoms with van der Waals surface area (Å²) in [7, 11) is 0. The average molecular weight is 301 g/mol. The second-order valence-electron chi connectivity index (χ2n) is 5.51. The molecule has 0 bridgehead atoms. The van der Waals surface area contributed by atoms with Gasteiger partial charge in [-0.1, -0.05) is 30.3 Å². The molecule has 23 heavy (non-hydrogen) atoms. The number of carbonyl (C=O) groups is 1. The van der Waals surface area contributed by atoms with Gasteiger partial charge in [-0.3, -0.25) is 9.20 Å². The van der Waals surface area contributed by atoms with Crippen LogP contribution in [-0.2, 0) is 4.79 Å². The van der Waals surface area contributed by atoms with Gasteiger partial charge in [-0.2, -0.15) is 0 Å². The van der Waals surface area contributed by atoms with Gasteiger partial charge in [0, 0.05) is 24.4 Å². The van der Waals surface area contributed by atoms with E-state index in [2.05, 4.69) is 27.9 Å². The molecule has 0 unspecified atom stereocenters. The monoisotopic (exact) mass is 301 g/mol. The fraction of sp³-hybridized carbons (Fsp3) is 0.0526. The van der Waals surface area contributed by atoms with Crippen LogP contribution >= 0.6 is 0 Å². The summed E-state index contributed by atoms with van der Waals surface area (Å²) in [6, 6.07) is 20.1. The number of carbonyl (C=O) groups excluding carboxylic acids is 1. The van der Waals surface area contributed by atoms with Crippen molar-refractivity contribution in [2.45, 2.75) is 6.92 Å². The SMILES string of the molecule is CC(=O)Nc1ccc(-c2cn3c(ccc4ccccc43)n2)cc1. The van der Waals surface area contributed by atoms with E-state index in [9.17, 15) is 4.79 Å². The maximum atomic E-state index is 11.1. The van der Waals surface area contributed by atoms with Crippen molar-refractivity contribution in [3.05, 3.63) is 66.9 Å². The van der Waals surface area contributed by atoms with E-state index in [1.165, 1.54) is 12.3 Å². The van der Waals surface area contributed by atoms with Crippen LogP contribution in [0, 0.1) is 0 Å². The van der Waals surface area contributed by atoms with Crippen LogP contribution in [0.1, 0.15) is 6.92 Å². The number of anilines is 1. The summed E-state index contributed by atoms with van der Waals surface area (Å²) in [6.45, 7) is 1.50. The minimum Gasteiger partial charge on any atom is -0.326 e. The number of nitrogens with one attached hydrogen (secondary N) is 1. The first-order chi connectivity index (χ1) is 11.2. The highest BCUT2D eigenvalue weighted by molar-refractivity contribution is 5.89. The van der Waals surface area contributed by atoms with Gasteiger partial charge >= 0.3 is 0 Å². The molecule has 2 heterocycles. The van der Waals surface area contributed by atoms with Gasteiger partial charge in [0.15, 0.2) is 0 Å². The molecule has 0 aliphatic rings. The number of imidazole rings is 1. The van der Waals surface area contributed by atoms with Crippen LogP contribution < -0.4 is 5.32 Å². The minimum atomic E-state index is -0.0723. The molecule has 0 spiro atoms. The van der Waals surface area contributed by atoms with Crippen molar-refractivity contribution >= 4 is 28.1 Å². The van der Waals surface area contributed by atoms with E-state index in [0.29, 0.717) is 0 Å². The zero-order chi connectivity index (χ0) is 15.8. The minimum absolute atomic E-state index is 0.0723. The lowest BCUT2D eigenvalue weighted by Crippen LogP contribution is -2.05. The molecule has 0 saturated carbocycles. The van der Waals surface area contributed by atoms with Crippen LogP contribution in [0.5, 0.6) is 0 Å². The van der Waals surface area contributed by atoms with Gasteiger partial charge in [0.1, 0.15) is 5.65 Å². The molecule has 0 aliphatic heterocycles. The molecule has 4 rings (SSSR count). The Morgan fingerprint density at radius 3 is 2.57 bits per heavy atom. The summed E-state index contributed by atoms with van der Waals surface area (Å²) in [5.41, 5.74) is 4.78. The van der Waals surface area contributed by atoms with Crippen LogP contribution in [-0.4, -0.2) is 15.3 Å². The zero-order valence-corrected chi connectivity index (χ0v) is 12.7. The maximum absolute atomic E-state index is 11.1. The van der Waals surface area contributed by atoms with Gasteiger partial charge in [-0.05, 0) is 35.7 Å². The van der Waals surface area contributed by atoms with Crippen LogP contribution in [0.25, 0.3) is 27.8 Å². The predicted molar refractivity (Wildman–Crippen MR) is 92.4 cm³/mol. The van der Waals surface area contributed by atoms with Gasteiger partial charge in [0.2, 0.25) is 5.91 Å². The fourth-order valence-electron chi connectivity index (χ4n) is 2.78. The van der Waals surface area contributed by atoms with Crippen molar-refractivity contribution in [1.82, 2.24) is 9.38 Å². The van der Waals surface area contributed by atoms with Gasteiger partial charge in [-0.25, -0.2) is 4.98 Å². The predicted octanol–water partition coefficient (Wildman–Crippen LogP) is 4.11. The van der Waals surface area contributed by atoms with Gasteiger partial charge in [0.25, 0.3) is 0 Å². The second-order valence-corrected chi connectivity index (χ2v) is 5.51. The molecular formula is C19H15N3O. The summed E-state index contributed by atoms with van der Waals surface area (Å²) < 4.78 is 2.10. The number of benzene rings is 2. The van der Waals surface area contributed by atoms with E-state index in [1.54, 1.807) is 0 Å². The quantitative estimate of drug-likeness (QED) is 0.605. The number of aromatic nitrogens is 2. The number of fused-ring (bicyclic) bond motifs is 3. The fourth-order valence-corrected chi connectivity index (χ4v) is 2.78. The number of amides is 1. The summed E-state index contributed by atoms with van der Waals surface area (Å²) in [4.78, 5) is 15.8. The second kappa shape index (κ2) is 5.25. The van der Waals surface area contributed by atoms with Gasteiger partial charge in [0.05, 0.1) is 11.2 Å². The normalized spacial score (nSPS) is 11.0. The molecule has 0 radical (unpaired) electrons. The molecule has 1 N–H and O–H groups in total. The molecule has 4 aromatic rings. The Balaban J connectivity index is 1.80. The Morgan fingerprint density at radius 2 is 1.78 bits per heavy atom. The van der Waals surface area contributed by atoms with Gasteiger partial charge in [-0.15, -0.1) is 0 Å². The Labute approximate surface area is 133 Å². The van der Waals surface area contributed by atoms with E-state index in [4.69, 9.17) is 4.98 Å². The van der Waals surface area contributed by atoms with Crippen LogP contribution in [0.3, 0.4) is 0 Å². The van der Waals surface area contributed by atoms with Crippen LogP contribution in [0.4, 0.5) is 5.69 Å². The Kier molecular flexibility index (Phi) is 3.08. The number of pyridine rings is 1. The van der Waals surface area contributed by atoms with Crippen molar-refractivity contribution in [3.8, 4) is 11.3 Å². The lowest BCUT2D eigenvalue weighted by molar-refractivity contribution is -0.114. The highest BCUT2D eigenvalue weighted by Crippen LogP contribution is 2.24. The van der Waals surface area contributed by atoms with Crippen molar-refractivity contribution in [3.63, 3.8) is 0 Å². The Bertz CT molecular complexity index is 1020. The largest absolute Gasteiger partial charge is 0.326 e.